The molecular weight excluding hydrogens is 250 g/mol. The molecule has 3 heteroatoms. The van der Waals surface area contributed by atoms with Gasteiger partial charge in [0.1, 0.15) is 0 Å². The van der Waals surface area contributed by atoms with Gasteiger partial charge in [-0.2, -0.15) is 0 Å². The molecule has 1 aromatic rings. The fourth-order valence-corrected chi connectivity index (χ4v) is 2.89. The van der Waals surface area contributed by atoms with Crippen LogP contribution in [0.5, 0.6) is 0 Å². The molecule has 1 N–H and O–H groups in total. The van der Waals surface area contributed by atoms with Crippen molar-refractivity contribution in [2.45, 2.75) is 45.1 Å². The lowest BCUT2D eigenvalue weighted by molar-refractivity contribution is 0.0600. The lowest BCUT2D eigenvalue weighted by Gasteiger charge is -2.21. The second-order valence-electron chi connectivity index (χ2n) is 5.66. The van der Waals surface area contributed by atoms with Crippen molar-refractivity contribution in [2.75, 3.05) is 13.7 Å². The van der Waals surface area contributed by atoms with E-state index in [9.17, 15) is 4.79 Å². The van der Waals surface area contributed by atoms with E-state index in [2.05, 4.69) is 10.1 Å². The summed E-state index contributed by atoms with van der Waals surface area (Å²) in [6.07, 6.45) is 8.38. The van der Waals surface area contributed by atoms with Crippen molar-refractivity contribution in [2.24, 2.45) is 5.92 Å². The third kappa shape index (κ3) is 4.64. The average Bonchev–Trinajstić information content (AvgIpc) is 2.52. The van der Waals surface area contributed by atoms with Crippen LogP contribution in [0.2, 0.25) is 0 Å². The van der Waals surface area contributed by atoms with E-state index in [0.29, 0.717) is 5.56 Å². The Morgan fingerprint density at radius 1 is 1.20 bits per heavy atom. The fourth-order valence-electron chi connectivity index (χ4n) is 2.89. The molecule has 0 aliphatic heterocycles. The Morgan fingerprint density at radius 3 is 2.55 bits per heavy atom. The van der Waals surface area contributed by atoms with Gasteiger partial charge < -0.3 is 10.1 Å². The van der Waals surface area contributed by atoms with Gasteiger partial charge in [0, 0.05) is 6.54 Å². The number of benzene rings is 1. The normalized spacial score (nSPS) is 16.1. The topological polar surface area (TPSA) is 38.3 Å². The Hall–Kier alpha value is -1.35. The summed E-state index contributed by atoms with van der Waals surface area (Å²) >= 11 is 0. The minimum Gasteiger partial charge on any atom is -0.465 e. The fraction of sp³-hybridized carbons (Fsp3) is 0.588. The van der Waals surface area contributed by atoms with Crippen LogP contribution in [0.3, 0.4) is 0 Å². The maximum atomic E-state index is 11.3. The van der Waals surface area contributed by atoms with E-state index in [0.717, 1.165) is 19.0 Å². The van der Waals surface area contributed by atoms with Crippen molar-refractivity contribution in [3.63, 3.8) is 0 Å². The van der Waals surface area contributed by atoms with Crippen LogP contribution in [0.1, 0.15) is 54.4 Å². The number of esters is 1. The highest BCUT2D eigenvalue weighted by molar-refractivity contribution is 5.89. The molecule has 0 bridgehead atoms. The molecule has 1 aliphatic rings. The van der Waals surface area contributed by atoms with Gasteiger partial charge in [0.25, 0.3) is 0 Å². The summed E-state index contributed by atoms with van der Waals surface area (Å²) in [5.41, 5.74) is 1.82. The largest absolute Gasteiger partial charge is 0.465 e. The van der Waals surface area contributed by atoms with Crippen molar-refractivity contribution in [3.8, 4) is 0 Å². The first kappa shape index (κ1) is 15.0. The first-order valence-electron chi connectivity index (χ1n) is 7.67. The molecule has 0 atom stereocenters. The molecule has 0 radical (unpaired) electrons. The van der Waals surface area contributed by atoms with Crippen LogP contribution in [0.15, 0.2) is 24.3 Å². The molecule has 2 rings (SSSR count). The van der Waals surface area contributed by atoms with Crippen LogP contribution >= 0.6 is 0 Å². The van der Waals surface area contributed by atoms with E-state index in [4.69, 9.17) is 0 Å². The molecule has 0 spiro atoms. The molecule has 20 heavy (non-hydrogen) atoms. The average molecular weight is 275 g/mol. The Balaban J connectivity index is 1.67. The van der Waals surface area contributed by atoms with Gasteiger partial charge in [0.15, 0.2) is 0 Å². The summed E-state index contributed by atoms with van der Waals surface area (Å²) in [5, 5.41) is 3.50. The molecule has 0 aromatic heterocycles. The van der Waals surface area contributed by atoms with Gasteiger partial charge in [-0.25, -0.2) is 4.79 Å². The summed E-state index contributed by atoms with van der Waals surface area (Å²) < 4.78 is 4.69. The molecule has 0 amide bonds. The molecule has 1 aliphatic carbocycles. The zero-order chi connectivity index (χ0) is 14.2. The quantitative estimate of drug-likeness (QED) is 0.637. The van der Waals surface area contributed by atoms with Crippen LogP contribution in [-0.4, -0.2) is 19.6 Å². The number of carbonyl (C=O) groups is 1. The van der Waals surface area contributed by atoms with E-state index in [1.54, 1.807) is 0 Å². The van der Waals surface area contributed by atoms with Crippen molar-refractivity contribution in [3.05, 3.63) is 35.4 Å². The number of nitrogens with one attached hydrogen (secondary N) is 1. The predicted octanol–water partition coefficient (Wildman–Crippen LogP) is 3.53. The molecule has 1 fully saturated rings. The van der Waals surface area contributed by atoms with Crippen LogP contribution in [-0.2, 0) is 11.3 Å². The van der Waals surface area contributed by atoms with Crippen LogP contribution in [0.4, 0.5) is 0 Å². The Labute approximate surface area is 121 Å². The second-order valence-corrected chi connectivity index (χ2v) is 5.66. The lowest BCUT2D eigenvalue weighted by Crippen LogP contribution is -2.19. The first-order valence-corrected chi connectivity index (χ1v) is 7.67. The van der Waals surface area contributed by atoms with Gasteiger partial charge >= 0.3 is 5.97 Å². The number of carbonyl (C=O) groups excluding carboxylic acids is 1. The molecular formula is C17H25NO2. The molecule has 0 unspecified atom stereocenters. The van der Waals surface area contributed by atoms with Gasteiger partial charge in [-0.05, 0) is 36.6 Å². The number of methoxy groups -OCH3 is 1. The van der Waals surface area contributed by atoms with Crippen LogP contribution in [0, 0.1) is 5.92 Å². The molecule has 3 nitrogen and oxygen atoms in total. The van der Waals surface area contributed by atoms with Gasteiger partial charge in [-0.1, -0.05) is 44.2 Å². The van der Waals surface area contributed by atoms with E-state index < -0.39 is 0 Å². The number of ether oxygens (including phenoxy) is 1. The SMILES string of the molecule is COC(=O)c1ccc(CNCCC2CCCCC2)cc1. The van der Waals surface area contributed by atoms with Crippen molar-refractivity contribution >= 4 is 5.97 Å². The minimum absolute atomic E-state index is 0.276. The third-order valence-electron chi connectivity index (χ3n) is 4.16. The molecule has 0 heterocycles. The Kier molecular flexibility index (Phi) is 6.06. The summed E-state index contributed by atoms with van der Waals surface area (Å²) in [6, 6.07) is 7.62. The van der Waals surface area contributed by atoms with E-state index in [1.165, 1.54) is 51.2 Å². The summed E-state index contributed by atoms with van der Waals surface area (Å²) in [7, 11) is 1.41. The maximum absolute atomic E-state index is 11.3. The van der Waals surface area contributed by atoms with Crippen LogP contribution in [0.25, 0.3) is 0 Å². The van der Waals surface area contributed by atoms with Crippen molar-refractivity contribution < 1.29 is 9.53 Å². The number of hydrogen-bond acceptors (Lipinski definition) is 3. The molecule has 1 saturated carbocycles. The van der Waals surface area contributed by atoms with E-state index in [-0.39, 0.29) is 5.97 Å². The zero-order valence-electron chi connectivity index (χ0n) is 12.4. The molecule has 1 aromatic carbocycles. The number of hydrogen-bond donors (Lipinski definition) is 1. The molecule has 0 saturated heterocycles. The predicted molar refractivity (Wildman–Crippen MR) is 80.7 cm³/mol. The van der Waals surface area contributed by atoms with Gasteiger partial charge in [-0.15, -0.1) is 0 Å². The smallest absolute Gasteiger partial charge is 0.337 e. The molecule has 110 valence electrons. The minimum atomic E-state index is -0.276. The zero-order valence-corrected chi connectivity index (χ0v) is 12.4. The van der Waals surface area contributed by atoms with E-state index in [1.807, 2.05) is 24.3 Å². The van der Waals surface area contributed by atoms with Crippen molar-refractivity contribution in [1.29, 1.82) is 0 Å². The number of rotatable bonds is 6. The van der Waals surface area contributed by atoms with Crippen molar-refractivity contribution in [1.82, 2.24) is 5.32 Å². The van der Waals surface area contributed by atoms with Gasteiger partial charge in [-0.3, -0.25) is 0 Å². The standard InChI is InChI=1S/C17H25NO2/c1-20-17(19)16-9-7-15(8-10-16)13-18-12-11-14-5-3-2-4-6-14/h7-10,14,18H,2-6,11-13H2,1H3. The highest BCUT2D eigenvalue weighted by Gasteiger charge is 2.12. The monoisotopic (exact) mass is 275 g/mol. The van der Waals surface area contributed by atoms with Gasteiger partial charge in [0.05, 0.1) is 12.7 Å². The van der Waals surface area contributed by atoms with Gasteiger partial charge in [0.2, 0.25) is 0 Å². The lowest BCUT2D eigenvalue weighted by atomic mass is 9.87. The highest BCUT2D eigenvalue weighted by atomic mass is 16.5. The first-order chi connectivity index (χ1) is 9.79. The summed E-state index contributed by atoms with van der Waals surface area (Å²) in [5.74, 6) is 0.653. The van der Waals surface area contributed by atoms with Crippen LogP contribution < -0.4 is 5.32 Å². The summed E-state index contributed by atoms with van der Waals surface area (Å²) in [6.45, 7) is 1.96. The van der Waals surface area contributed by atoms with E-state index >= 15 is 0 Å². The maximum Gasteiger partial charge on any atom is 0.337 e. The highest BCUT2D eigenvalue weighted by Crippen LogP contribution is 2.25. The summed E-state index contributed by atoms with van der Waals surface area (Å²) in [4.78, 5) is 11.3. The third-order valence-corrected chi connectivity index (χ3v) is 4.16. The Bertz CT molecular complexity index is 408. The second kappa shape index (κ2) is 8.05. The Morgan fingerprint density at radius 2 is 1.90 bits per heavy atom.